The highest BCUT2D eigenvalue weighted by Gasteiger charge is 1.93. The van der Waals surface area contributed by atoms with Gasteiger partial charge in [0.25, 0.3) is 0 Å². The van der Waals surface area contributed by atoms with Crippen LogP contribution < -0.4 is 10.4 Å². The van der Waals surface area contributed by atoms with Crippen LogP contribution in [0.4, 0.5) is 0 Å². The molecule has 0 atom stereocenters. The highest BCUT2D eigenvalue weighted by molar-refractivity contribution is 5.54. The summed E-state index contributed by atoms with van der Waals surface area (Å²) in [6, 6.07) is 8.38. The molecule has 1 aliphatic carbocycles. The second-order valence-corrected chi connectivity index (χ2v) is 2.84. The molecule has 1 aromatic rings. The van der Waals surface area contributed by atoms with Crippen molar-refractivity contribution in [2.45, 2.75) is 6.42 Å². The van der Waals surface area contributed by atoms with Crippen LogP contribution in [-0.2, 0) is 0 Å². The molecule has 0 heteroatoms. The highest BCUT2D eigenvalue weighted by Crippen LogP contribution is 2.01. The summed E-state index contributed by atoms with van der Waals surface area (Å²) in [6.07, 6.45) is 5.37. The molecule has 0 aliphatic heterocycles. The topological polar surface area (TPSA) is 0 Å². The Balaban J connectivity index is 2.83. The Hall–Kier alpha value is -1.30. The fourth-order valence-electron chi connectivity index (χ4n) is 1.35. The molecule has 0 radical (unpaired) electrons. The molecule has 11 heavy (non-hydrogen) atoms. The van der Waals surface area contributed by atoms with Crippen molar-refractivity contribution in [3.63, 3.8) is 0 Å². The molecule has 0 bridgehead atoms. The third-order valence-corrected chi connectivity index (χ3v) is 1.94. The first-order chi connectivity index (χ1) is 5.36. The lowest BCUT2D eigenvalue weighted by molar-refractivity contribution is 1.33. The summed E-state index contributed by atoms with van der Waals surface area (Å²) in [5.41, 5.74) is 1.20. The average Bonchev–Trinajstić information content (AvgIpc) is 2.04. The fraction of sp³-hybridized carbons (Fsp3) is 0.0909. The van der Waals surface area contributed by atoms with Gasteiger partial charge in [-0.15, -0.1) is 0 Å². The van der Waals surface area contributed by atoms with E-state index >= 15 is 0 Å². The van der Waals surface area contributed by atoms with Crippen LogP contribution in [0.25, 0.3) is 12.2 Å². The standard InChI is InChI=1S/C11H10/c1-9-6-7-10-4-2-3-5-11(10)8-9/h2-5,7-8H,1,6H2. The van der Waals surface area contributed by atoms with Gasteiger partial charge in [-0.3, -0.25) is 0 Å². The minimum atomic E-state index is 0.997. The Morgan fingerprint density at radius 1 is 1.09 bits per heavy atom. The van der Waals surface area contributed by atoms with Crippen molar-refractivity contribution in [3.8, 4) is 0 Å². The zero-order valence-electron chi connectivity index (χ0n) is 6.38. The first kappa shape index (κ1) is 6.41. The van der Waals surface area contributed by atoms with Gasteiger partial charge in [0, 0.05) is 0 Å². The van der Waals surface area contributed by atoms with Crippen molar-refractivity contribution in [2.75, 3.05) is 0 Å². The summed E-state index contributed by atoms with van der Waals surface area (Å²) in [6.45, 7) is 3.93. The van der Waals surface area contributed by atoms with Crippen LogP contribution in [0, 0.1) is 0 Å². The third kappa shape index (κ3) is 1.12. The van der Waals surface area contributed by atoms with E-state index in [0.29, 0.717) is 0 Å². The number of allylic oxidation sites excluding steroid dienone is 1. The van der Waals surface area contributed by atoms with Crippen molar-refractivity contribution in [3.05, 3.63) is 46.9 Å². The number of hydrogen-bond donors (Lipinski definition) is 0. The van der Waals surface area contributed by atoms with Crippen LogP contribution in [0.1, 0.15) is 6.42 Å². The number of hydrogen-bond acceptors (Lipinski definition) is 0. The zero-order valence-corrected chi connectivity index (χ0v) is 6.38. The normalized spacial score (nSPS) is 14.7. The van der Waals surface area contributed by atoms with E-state index in [9.17, 15) is 0 Å². The highest BCUT2D eigenvalue weighted by atomic mass is 14.0. The Morgan fingerprint density at radius 3 is 2.64 bits per heavy atom. The molecule has 0 spiro atoms. The largest absolute Gasteiger partial charge is 0.0955 e. The summed E-state index contributed by atoms with van der Waals surface area (Å²) in [5, 5.41) is 2.63. The molecule has 0 aromatic heterocycles. The number of benzene rings is 1. The lowest BCUT2D eigenvalue weighted by Gasteiger charge is -2.00. The molecule has 0 heterocycles. The van der Waals surface area contributed by atoms with E-state index in [1.54, 1.807) is 0 Å². The number of rotatable bonds is 0. The molecule has 0 unspecified atom stereocenters. The number of fused-ring (bicyclic) bond motifs is 1. The van der Waals surface area contributed by atoms with Gasteiger partial charge in [0.2, 0.25) is 0 Å². The van der Waals surface area contributed by atoms with E-state index in [2.05, 4.69) is 43.0 Å². The monoisotopic (exact) mass is 142 g/mol. The molecule has 1 aromatic carbocycles. The Labute approximate surface area is 66.2 Å². The lowest BCUT2D eigenvalue weighted by Crippen LogP contribution is -2.25. The van der Waals surface area contributed by atoms with Crippen LogP contribution >= 0.6 is 0 Å². The smallest absolute Gasteiger partial charge is 0.00939 e. The van der Waals surface area contributed by atoms with E-state index < -0.39 is 0 Å². The first-order valence-corrected chi connectivity index (χ1v) is 3.81. The molecule has 2 rings (SSSR count). The van der Waals surface area contributed by atoms with E-state index in [-0.39, 0.29) is 0 Å². The van der Waals surface area contributed by atoms with Crippen LogP contribution in [0.5, 0.6) is 0 Å². The second-order valence-electron chi connectivity index (χ2n) is 2.84. The van der Waals surface area contributed by atoms with Gasteiger partial charge < -0.3 is 0 Å². The van der Waals surface area contributed by atoms with Crippen LogP contribution in [0.2, 0.25) is 0 Å². The van der Waals surface area contributed by atoms with Crippen molar-refractivity contribution in [1.82, 2.24) is 0 Å². The van der Waals surface area contributed by atoms with Crippen LogP contribution in [-0.4, -0.2) is 0 Å². The van der Waals surface area contributed by atoms with Crippen LogP contribution in [0.3, 0.4) is 0 Å². The molecule has 0 saturated carbocycles. The SMILES string of the molecule is C=C1C=c2ccccc2=CC1. The fourth-order valence-corrected chi connectivity index (χ4v) is 1.35. The summed E-state index contributed by atoms with van der Waals surface area (Å²) in [7, 11) is 0. The molecule has 54 valence electrons. The van der Waals surface area contributed by atoms with Crippen molar-refractivity contribution in [2.24, 2.45) is 0 Å². The van der Waals surface area contributed by atoms with E-state index in [1.165, 1.54) is 16.0 Å². The van der Waals surface area contributed by atoms with E-state index in [1.807, 2.05) is 0 Å². The minimum absolute atomic E-state index is 0.997. The molecule has 0 saturated heterocycles. The molecule has 1 aliphatic rings. The van der Waals surface area contributed by atoms with Gasteiger partial charge in [0.05, 0.1) is 0 Å². The van der Waals surface area contributed by atoms with Crippen molar-refractivity contribution < 1.29 is 0 Å². The summed E-state index contributed by atoms with van der Waals surface area (Å²) in [4.78, 5) is 0. The molecule has 0 nitrogen and oxygen atoms in total. The van der Waals surface area contributed by atoms with E-state index in [4.69, 9.17) is 0 Å². The summed E-state index contributed by atoms with van der Waals surface area (Å²) < 4.78 is 0. The molecular weight excluding hydrogens is 132 g/mol. The maximum Gasteiger partial charge on any atom is -0.00939 e. The predicted molar refractivity (Wildman–Crippen MR) is 48.4 cm³/mol. The molecule has 0 N–H and O–H groups in total. The van der Waals surface area contributed by atoms with Gasteiger partial charge in [0.1, 0.15) is 0 Å². The maximum absolute atomic E-state index is 3.93. The molecule has 0 fully saturated rings. The Morgan fingerprint density at radius 2 is 1.82 bits per heavy atom. The van der Waals surface area contributed by atoms with Crippen molar-refractivity contribution >= 4 is 12.2 Å². The Kier molecular flexibility index (Phi) is 1.39. The van der Waals surface area contributed by atoms with Gasteiger partial charge in [-0.05, 0) is 16.9 Å². The van der Waals surface area contributed by atoms with E-state index in [0.717, 1.165) is 6.42 Å². The second kappa shape index (κ2) is 2.39. The minimum Gasteiger partial charge on any atom is -0.0955 e. The van der Waals surface area contributed by atoms with Gasteiger partial charge in [-0.2, -0.15) is 0 Å². The maximum atomic E-state index is 3.93. The van der Waals surface area contributed by atoms with Crippen molar-refractivity contribution in [1.29, 1.82) is 0 Å². The Bertz CT molecular complexity index is 396. The van der Waals surface area contributed by atoms with Gasteiger partial charge in [-0.1, -0.05) is 48.6 Å². The predicted octanol–water partition coefficient (Wildman–Crippen LogP) is 1.21. The zero-order chi connectivity index (χ0) is 7.68. The molecular formula is C11H10. The third-order valence-electron chi connectivity index (χ3n) is 1.94. The van der Waals surface area contributed by atoms with Crippen LogP contribution in [0.15, 0.2) is 36.4 Å². The van der Waals surface area contributed by atoms with Gasteiger partial charge >= 0.3 is 0 Å². The van der Waals surface area contributed by atoms with Gasteiger partial charge in [0.15, 0.2) is 0 Å². The first-order valence-electron chi connectivity index (χ1n) is 3.81. The summed E-state index contributed by atoms with van der Waals surface area (Å²) >= 11 is 0. The average molecular weight is 142 g/mol. The van der Waals surface area contributed by atoms with Gasteiger partial charge in [-0.25, -0.2) is 0 Å². The lowest BCUT2D eigenvalue weighted by atomic mass is 10.0. The summed E-state index contributed by atoms with van der Waals surface area (Å²) in [5.74, 6) is 0. The quantitative estimate of drug-likeness (QED) is 0.510. The molecule has 0 amide bonds.